The van der Waals surface area contributed by atoms with Gasteiger partial charge in [-0.25, -0.2) is 13.6 Å². The summed E-state index contributed by atoms with van der Waals surface area (Å²) in [7, 11) is 0. The monoisotopic (exact) mass is 656 g/mol. The van der Waals surface area contributed by atoms with Crippen molar-refractivity contribution in [3.05, 3.63) is 65.6 Å². The Morgan fingerprint density at radius 1 is 0.957 bits per heavy atom. The molecule has 2 aromatic carbocycles. The molecule has 12 heteroatoms. The molecule has 1 amide bonds. The number of fused-ring (bicyclic) bond motifs is 3. The maximum atomic E-state index is 15.2. The van der Waals surface area contributed by atoms with Crippen LogP contribution >= 0.6 is 0 Å². The lowest BCUT2D eigenvalue weighted by atomic mass is 9.53. The van der Waals surface area contributed by atoms with E-state index in [1.54, 1.807) is 36.4 Å². The van der Waals surface area contributed by atoms with Crippen molar-refractivity contribution >= 4 is 11.8 Å². The molecular formula is C35H37F5N4O3. The normalized spacial score (nSPS) is 23.7. The van der Waals surface area contributed by atoms with Gasteiger partial charge in [0.05, 0.1) is 11.5 Å². The molecule has 0 spiro atoms. The molecular weight excluding hydrogens is 619 g/mol. The van der Waals surface area contributed by atoms with E-state index in [0.29, 0.717) is 79.6 Å². The van der Waals surface area contributed by atoms with Crippen LogP contribution in [0, 0.1) is 22.6 Å². The average Bonchev–Trinajstić information content (AvgIpc) is 3.63. The van der Waals surface area contributed by atoms with Crippen LogP contribution in [0.15, 0.2) is 47.0 Å². The minimum Gasteiger partial charge on any atom is -0.433 e. The SMILES string of the molecule is CC(C)(F)c1nc(C23CCC(CN(C(=O)OC(C)(C)C(F)(F)F)c4cccc(-c5ccc(C6(C#N)CC6)c(F)c5)c4)(CC2)CC3)no1. The predicted octanol–water partition coefficient (Wildman–Crippen LogP) is 9.21. The van der Waals surface area contributed by atoms with E-state index in [4.69, 9.17) is 9.26 Å². The van der Waals surface area contributed by atoms with Crippen LogP contribution in [0.3, 0.4) is 0 Å². The van der Waals surface area contributed by atoms with Crippen molar-refractivity contribution in [2.75, 3.05) is 11.4 Å². The number of hydrogen-bond acceptors (Lipinski definition) is 6. The second-order valence-electron chi connectivity index (χ2n) is 14.6. The highest BCUT2D eigenvalue weighted by Crippen LogP contribution is 2.58. The van der Waals surface area contributed by atoms with Gasteiger partial charge in [-0.05, 0) is 114 Å². The van der Waals surface area contributed by atoms with E-state index in [0.717, 1.165) is 13.8 Å². The van der Waals surface area contributed by atoms with Crippen molar-refractivity contribution in [1.29, 1.82) is 5.26 Å². The largest absolute Gasteiger partial charge is 0.433 e. The molecule has 7 nitrogen and oxygen atoms in total. The van der Waals surface area contributed by atoms with E-state index < -0.39 is 45.6 Å². The van der Waals surface area contributed by atoms with Gasteiger partial charge in [0.15, 0.2) is 11.5 Å². The molecule has 0 unspecified atom stereocenters. The van der Waals surface area contributed by atoms with Crippen molar-refractivity contribution in [3.8, 4) is 17.2 Å². The number of carbonyl (C=O) groups is 1. The van der Waals surface area contributed by atoms with E-state index in [9.17, 15) is 27.6 Å². The number of halogens is 5. The molecule has 1 aromatic heterocycles. The zero-order valence-electron chi connectivity index (χ0n) is 26.8. The Balaban J connectivity index is 1.29. The molecule has 1 heterocycles. The van der Waals surface area contributed by atoms with Crippen LogP contribution in [0.25, 0.3) is 11.1 Å². The van der Waals surface area contributed by atoms with Crippen molar-refractivity contribution in [2.24, 2.45) is 5.41 Å². The Kier molecular flexibility index (Phi) is 7.72. The Hall–Kier alpha value is -4.01. The smallest absolute Gasteiger partial charge is 0.427 e. The van der Waals surface area contributed by atoms with Crippen LogP contribution in [0.4, 0.5) is 32.4 Å². The lowest BCUT2D eigenvalue weighted by molar-refractivity contribution is -0.243. The predicted molar refractivity (Wildman–Crippen MR) is 163 cm³/mol. The minimum absolute atomic E-state index is 0.0861. The zero-order chi connectivity index (χ0) is 34.0. The summed E-state index contributed by atoms with van der Waals surface area (Å²) >= 11 is 0. The van der Waals surface area contributed by atoms with E-state index >= 15 is 4.39 Å². The molecule has 2 bridgehead atoms. The number of anilines is 1. The second kappa shape index (κ2) is 11.0. The van der Waals surface area contributed by atoms with Crippen LogP contribution in [-0.4, -0.2) is 34.6 Å². The highest BCUT2D eigenvalue weighted by molar-refractivity contribution is 5.89. The Morgan fingerprint density at radius 3 is 2.13 bits per heavy atom. The molecule has 47 heavy (non-hydrogen) atoms. The molecule has 0 atom stereocenters. The van der Waals surface area contributed by atoms with E-state index in [2.05, 4.69) is 16.2 Å². The Labute approximate surface area is 270 Å². The molecule has 0 radical (unpaired) electrons. The van der Waals surface area contributed by atoms with E-state index in [-0.39, 0.29) is 12.4 Å². The molecule has 250 valence electrons. The molecule has 3 aromatic rings. The maximum Gasteiger partial charge on any atom is 0.427 e. The first-order valence-corrected chi connectivity index (χ1v) is 15.8. The standard InChI is InChI=1S/C35H37F5N4O3/c1-30(2,37)28-42-27(43-47-28)33-13-10-32(11-14-33,12-15-33)21-44(29(45)46-31(3,4)35(38,39)40)24-7-5-6-22(18-24)23-8-9-25(26(36)19-23)34(20-41)16-17-34/h5-9,18-19H,10-17,21H2,1-4H3. The van der Waals surface area contributed by atoms with Gasteiger partial charge < -0.3 is 9.26 Å². The quantitative estimate of drug-likeness (QED) is 0.225. The van der Waals surface area contributed by atoms with Crippen LogP contribution in [0.1, 0.15) is 96.3 Å². The second-order valence-corrected chi connectivity index (χ2v) is 14.6. The van der Waals surface area contributed by atoms with Gasteiger partial charge >= 0.3 is 12.3 Å². The third-order valence-corrected chi connectivity index (χ3v) is 10.5. The molecule has 0 aliphatic heterocycles. The number of alkyl halides is 4. The zero-order valence-corrected chi connectivity index (χ0v) is 26.8. The number of ether oxygens (including phenoxy) is 1. The van der Waals surface area contributed by atoms with Gasteiger partial charge in [0.25, 0.3) is 5.89 Å². The number of aromatic nitrogens is 2. The number of nitrogens with zero attached hydrogens (tertiary/aromatic N) is 4. The van der Waals surface area contributed by atoms with Gasteiger partial charge in [-0.15, -0.1) is 0 Å². The number of carbonyl (C=O) groups excluding carboxylic acids is 1. The van der Waals surface area contributed by atoms with Gasteiger partial charge in [-0.3, -0.25) is 4.90 Å². The fraction of sp³-hybridized carbons (Fsp3) is 0.543. The first-order chi connectivity index (χ1) is 21.9. The van der Waals surface area contributed by atoms with Crippen molar-refractivity contribution in [1.82, 2.24) is 10.1 Å². The van der Waals surface area contributed by atoms with Gasteiger partial charge in [0.2, 0.25) is 5.60 Å². The molecule has 4 aliphatic carbocycles. The summed E-state index contributed by atoms with van der Waals surface area (Å²) in [6.45, 7) is 4.42. The number of benzene rings is 2. The van der Waals surface area contributed by atoms with Crippen LogP contribution in [0.5, 0.6) is 0 Å². The molecule has 7 rings (SSSR count). The summed E-state index contributed by atoms with van der Waals surface area (Å²) in [6, 6.07) is 13.5. The number of amides is 1. The van der Waals surface area contributed by atoms with E-state index in [1.807, 2.05) is 0 Å². The van der Waals surface area contributed by atoms with Gasteiger partial charge in [-0.1, -0.05) is 29.4 Å². The third-order valence-electron chi connectivity index (χ3n) is 10.5. The van der Waals surface area contributed by atoms with E-state index in [1.165, 1.54) is 24.8 Å². The molecule has 0 saturated heterocycles. The number of nitriles is 1. The molecule has 0 N–H and O–H groups in total. The summed E-state index contributed by atoms with van der Waals surface area (Å²) in [5.74, 6) is -0.134. The summed E-state index contributed by atoms with van der Waals surface area (Å²) in [5.41, 5.74) is -4.44. The Morgan fingerprint density at radius 2 is 1.60 bits per heavy atom. The van der Waals surface area contributed by atoms with Gasteiger partial charge in [-0.2, -0.15) is 23.4 Å². The highest BCUT2D eigenvalue weighted by Gasteiger charge is 2.55. The summed E-state index contributed by atoms with van der Waals surface area (Å²) < 4.78 is 81.5. The third kappa shape index (κ3) is 5.98. The fourth-order valence-corrected chi connectivity index (χ4v) is 6.95. The maximum absolute atomic E-state index is 15.2. The Bertz CT molecular complexity index is 1710. The lowest BCUT2D eigenvalue weighted by Crippen LogP contribution is -2.53. The average molecular weight is 657 g/mol. The van der Waals surface area contributed by atoms with Gasteiger partial charge in [0, 0.05) is 23.2 Å². The van der Waals surface area contributed by atoms with Crippen molar-refractivity contribution in [2.45, 2.75) is 107 Å². The van der Waals surface area contributed by atoms with Crippen LogP contribution < -0.4 is 4.90 Å². The lowest BCUT2D eigenvalue weighted by Gasteiger charge is -2.53. The number of hydrogen-bond donors (Lipinski definition) is 0. The van der Waals surface area contributed by atoms with Gasteiger partial charge in [0.1, 0.15) is 5.82 Å². The van der Waals surface area contributed by atoms with Crippen molar-refractivity contribution in [3.63, 3.8) is 0 Å². The molecule has 4 fully saturated rings. The van der Waals surface area contributed by atoms with Crippen LogP contribution in [0.2, 0.25) is 0 Å². The van der Waals surface area contributed by atoms with Crippen molar-refractivity contribution < 1.29 is 36.0 Å². The first kappa shape index (κ1) is 32.9. The molecule has 4 aliphatic rings. The topological polar surface area (TPSA) is 92.2 Å². The fourth-order valence-electron chi connectivity index (χ4n) is 6.95. The first-order valence-electron chi connectivity index (χ1n) is 15.8. The minimum atomic E-state index is -4.80. The summed E-state index contributed by atoms with van der Waals surface area (Å²) in [6.07, 6.45) is -0.920. The summed E-state index contributed by atoms with van der Waals surface area (Å²) in [4.78, 5) is 19.3. The highest BCUT2D eigenvalue weighted by atomic mass is 19.4. The molecule has 4 saturated carbocycles. The van der Waals surface area contributed by atoms with Crippen LogP contribution in [-0.2, 0) is 21.2 Å². The number of rotatable bonds is 8. The summed E-state index contributed by atoms with van der Waals surface area (Å²) in [5, 5.41) is 13.6.